The van der Waals surface area contributed by atoms with Crippen molar-refractivity contribution in [1.82, 2.24) is 4.98 Å². The quantitative estimate of drug-likeness (QED) is 0.304. The normalized spacial score (nSPS) is 19.1. The van der Waals surface area contributed by atoms with Gasteiger partial charge in [0.15, 0.2) is 0 Å². The summed E-state index contributed by atoms with van der Waals surface area (Å²) in [5.74, 6) is 5.24. The number of aromatic nitrogens is 1. The number of benzene rings is 1. The molecule has 3 heteroatoms. The zero-order chi connectivity index (χ0) is 19.8. The zero-order valence-corrected chi connectivity index (χ0v) is 16.7. The van der Waals surface area contributed by atoms with Gasteiger partial charge in [-0.15, -0.1) is 0 Å². The maximum atomic E-state index is 13.6. The van der Waals surface area contributed by atoms with Crippen LogP contribution in [-0.2, 0) is 6.42 Å². The van der Waals surface area contributed by atoms with Crippen LogP contribution in [0.5, 0.6) is 0 Å². The van der Waals surface area contributed by atoms with Crippen LogP contribution in [0.1, 0.15) is 80.9 Å². The molecule has 1 aromatic heterocycles. The van der Waals surface area contributed by atoms with Gasteiger partial charge >= 0.3 is 0 Å². The van der Waals surface area contributed by atoms with Crippen molar-refractivity contribution in [1.29, 1.82) is 0 Å². The topological polar surface area (TPSA) is 12.9 Å². The molecule has 1 fully saturated rings. The Morgan fingerprint density at radius 2 is 1.68 bits per heavy atom. The van der Waals surface area contributed by atoms with Crippen molar-refractivity contribution in [3.63, 3.8) is 0 Å². The van der Waals surface area contributed by atoms with Crippen LogP contribution in [0.2, 0.25) is 0 Å². The van der Waals surface area contributed by atoms with Crippen LogP contribution >= 0.6 is 0 Å². The smallest absolute Gasteiger partial charge is 0.189 e. The first-order chi connectivity index (χ1) is 13.7. The first-order valence-corrected chi connectivity index (χ1v) is 10.6. The first kappa shape index (κ1) is 20.5. The molecule has 1 nitrogen and oxygen atoms in total. The Hall–Kier alpha value is -2.21. The summed E-state index contributed by atoms with van der Waals surface area (Å²) < 4.78 is 26.4. The lowest BCUT2D eigenvalue weighted by atomic mass is 9.78. The standard InChI is InChI=1S/C25H29F2N/c1-2-3-4-5-6-19-7-12-21(13-8-19)22-14-9-20(10-15-22)11-16-23-17-18-24(26)28-25(23)27/h7-8,12-13,17-18,20,22H,2-6,9-10,14-15H2,1H3/t20-,22-. The molecule has 3 rings (SSSR count). The molecular formula is C25H29F2N. The summed E-state index contributed by atoms with van der Waals surface area (Å²) in [4.78, 5) is 3.19. The van der Waals surface area contributed by atoms with Crippen molar-refractivity contribution in [3.05, 3.63) is 65.0 Å². The monoisotopic (exact) mass is 381 g/mol. The highest BCUT2D eigenvalue weighted by molar-refractivity contribution is 5.33. The fourth-order valence-electron chi connectivity index (χ4n) is 3.97. The van der Waals surface area contributed by atoms with Crippen molar-refractivity contribution in [2.75, 3.05) is 0 Å². The van der Waals surface area contributed by atoms with Crippen LogP contribution in [0.25, 0.3) is 0 Å². The maximum Gasteiger partial charge on any atom is 0.231 e. The highest BCUT2D eigenvalue weighted by atomic mass is 19.1. The van der Waals surface area contributed by atoms with E-state index in [0.717, 1.165) is 31.7 Å². The lowest BCUT2D eigenvalue weighted by molar-refractivity contribution is 0.384. The van der Waals surface area contributed by atoms with Gasteiger partial charge in [0.2, 0.25) is 11.9 Å². The van der Waals surface area contributed by atoms with Crippen LogP contribution in [0, 0.1) is 29.7 Å². The molecule has 0 amide bonds. The van der Waals surface area contributed by atoms with Crippen molar-refractivity contribution < 1.29 is 8.78 Å². The number of hydrogen-bond donors (Lipinski definition) is 0. The van der Waals surface area contributed by atoms with E-state index in [1.165, 1.54) is 49.3 Å². The van der Waals surface area contributed by atoms with Gasteiger partial charge < -0.3 is 0 Å². The maximum absolute atomic E-state index is 13.6. The van der Waals surface area contributed by atoms with Crippen molar-refractivity contribution in [2.45, 2.75) is 70.6 Å². The van der Waals surface area contributed by atoms with Crippen LogP contribution in [-0.4, -0.2) is 4.98 Å². The molecule has 0 N–H and O–H groups in total. The van der Waals surface area contributed by atoms with Crippen LogP contribution in [0.15, 0.2) is 36.4 Å². The van der Waals surface area contributed by atoms with Gasteiger partial charge in [-0.25, -0.2) is 0 Å². The molecule has 1 heterocycles. The third kappa shape index (κ3) is 5.89. The van der Waals surface area contributed by atoms with E-state index in [2.05, 4.69) is 48.0 Å². The molecule has 0 bridgehead atoms. The largest absolute Gasteiger partial charge is 0.231 e. The number of nitrogens with zero attached hydrogens (tertiary/aromatic N) is 1. The average Bonchev–Trinajstić information content (AvgIpc) is 2.72. The van der Waals surface area contributed by atoms with Crippen LogP contribution in [0.4, 0.5) is 8.78 Å². The van der Waals surface area contributed by atoms with Gasteiger partial charge in [-0.2, -0.15) is 13.8 Å². The van der Waals surface area contributed by atoms with E-state index < -0.39 is 11.9 Å². The minimum atomic E-state index is -0.823. The minimum absolute atomic E-state index is 0.179. The number of rotatable bonds is 6. The molecule has 1 aliphatic carbocycles. The Bertz CT molecular complexity index is 809. The average molecular weight is 382 g/mol. The van der Waals surface area contributed by atoms with Gasteiger partial charge in [0.1, 0.15) is 0 Å². The Labute approximate surface area is 167 Å². The van der Waals surface area contributed by atoms with Crippen molar-refractivity contribution in [3.8, 4) is 11.8 Å². The molecule has 0 unspecified atom stereocenters. The minimum Gasteiger partial charge on any atom is -0.189 e. The van der Waals surface area contributed by atoms with Crippen molar-refractivity contribution in [2.24, 2.45) is 5.92 Å². The molecule has 0 aliphatic heterocycles. The molecule has 28 heavy (non-hydrogen) atoms. The first-order valence-electron chi connectivity index (χ1n) is 10.6. The summed E-state index contributed by atoms with van der Waals surface area (Å²) >= 11 is 0. The van der Waals surface area contributed by atoms with E-state index in [1.54, 1.807) is 0 Å². The highest BCUT2D eigenvalue weighted by Gasteiger charge is 2.21. The molecule has 0 radical (unpaired) electrons. The molecule has 2 aromatic rings. The van der Waals surface area contributed by atoms with E-state index in [9.17, 15) is 8.78 Å². The van der Waals surface area contributed by atoms with Gasteiger partial charge in [-0.05, 0) is 67.7 Å². The van der Waals surface area contributed by atoms with E-state index in [4.69, 9.17) is 0 Å². The van der Waals surface area contributed by atoms with Crippen LogP contribution < -0.4 is 0 Å². The van der Waals surface area contributed by atoms with Gasteiger partial charge in [0.25, 0.3) is 0 Å². The fourth-order valence-corrected chi connectivity index (χ4v) is 3.97. The van der Waals surface area contributed by atoms with Gasteiger partial charge in [-0.3, -0.25) is 0 Å². The molecule has 148 valence electrons. The van der Waals surface area contributed by atoms with E-state index in [0.29, 0.717) is 5.92 Å². The lowest BCUT2D eigenvalue weighted by Crippen LogP contribution is -2.12. The molecule has 0 spiro atoms. The summed E-state index contributed by atoms with van der Waals surface area (Å²) in [5.41, 5.74) is 3.05. The number of unbranched alkanes of at least 4 members (excludes halogenated alkanes) is 3. The molecule has 1 saturated carbocycles. The second-order valence-electron chi connectivity index (χ2n) is 7.84. The SMILES string of the molecule is CCCCCCc1ccc([C@H]2CC[C@H](C#Cc3ccc(F)nc3F)CC2)cc1. The summed E-state index contributed by atoms with van der Waals surface area (Å²) in [6.07, 6.45) is 10.6. The van der Waals surface area contributed by atoms with E-state index in [1.807, 2.05) is 0 Å². The Balaban J connectivity index is 1.49. The van der Waals surface area contributed by atoms with Gasteiger partial charge in [0, 0.05) is 5.92 Å². The second-order valence-corrected chi connectivity index (χ2v) is 7.84. The number of pyridine rings is 1. The number of halogens is 2. The van der Waals surface area contributed by atoms with Crippen LogP contribution in [0.3, 0.4) is 0 Å². The predicted octanol–water partition coefficient (Wildman–Crippen LogP) is 6.81. The Kier molecular flexibility index (Phi) is 7.60. The molecular weight excluding hydrogens is 352 g/mol. The summed E-state index contributed by atoms with van der Waals surface area (Å²) in [6.45, 7) is 2.24. The van der Waals surface area contributed by atoms with E-state index in [-0.39, 0.29) is 11.5 Å². The summed E-state index contributed by atoms with van der Waals surface area (Å²) in [6, 6.07) is 11.7. The third-order valence-corrected chi connectivity index (χ3v) is 5.72. The molecule has 0 atom stereocenters. The van der Waals surface area contributed by atoms with E-state index >= 15 is 0 Å². The number of aryl methyl sites for hydroxylation is 1. The number of hydrogen-bond acceptors (Lipinski definition) is 1. The molecule has 1 aliphatic rings. The Morgan fingerprint density at radius 3 is 2.36 bits per heavy atom. The molecule has 1 aromatic carbocycles. The summed E-state index contributed by atoms with van der Waals surface area (Å²) in [7, 11) is 0. The Morgan fingerprint density at radius 1 is 0.929 bits per heavy atom. The lowest BCUT2D eigenvalue weighted by Gasteiger charge is -2.26. The molecule has 0 saturated heterocycles. The van der Waals surface area contributed by atoms with Gasteiger partial charge in [0.05, 0.1) is 5.56 Å². The van der Waals surface area contributed by atoms with Gasteiger partial charge in [-0.1, -0.05) is 62.3 Å². The zero-order valence-electron chi connectivity index (χ0n) is 16.7. The third-order valence-electron chi connectivity index (χ3n) is 5.72. The highest BCUT2D eigenvalue weighted by Crippen LogP contribution is 2.35. The van der Waals surface area contributed by atoms with Crippen molar-refractivity contribution >= 4 is 0 Å². The predicted molar refractivity (Wildman–Crippen MR) is 110 cm³/mol. The second kappa shape index (κ2) is 10.4. The summed E-state index contributed by atoms with van der Waals surface area (Å²) in [5, 5.41) is 0. The fraction of sp³-hybridized carbons (Fsp3) is 0.480.